The molecule has 2 aliphatic rings. The van der Waals surface area contributed by atoms with Crippen LogP contribution in [0.2, 0.25) is 0 Å². The molecule has 176 valence electrons. The van der Waals surface area contributed by atoms with Crippen LogP contribution in [0.4, 0.5) is 0 Å². The fourth-order valence-corrected chi connectivity index (χ4v) is 4.49. The van der Waals surface area contributed by atoms with Gasteiger partial charge in [0, 0.05) is 32.7 Å². The lowest BCUT2D eigenvalue weighted by Crippen LogP contribution is -2.44. The van der Waals surface area contributed by atoms with Crippen LogP contribution in [0.5, 0.6) is 0 Å². The zero-order valence-corrected chi connectivity index (χ0v) is 19.9. The topological polar surface area (TPSA) is 79.6 Å². The first-order valence-electron chi connectivity index (χ1n) is 12.3. The average molecular weight is 434 g/mol. The monoisotopic (exact) mass is 433 g/mol. The highest BCUT2D eigenvalue weighted by Gasteiger charge is 2.15. The van der Waals surface area contributed by atoms with E-state index < -0.39 is 0 Å². The molecular formula is C23H43N7O. The number of nitrogens with zero attached hydrogens (tertiary/aromatic N) is 5. The van der Waals surface area contributed by atoms with Crippen molar-refractivity contribution in [3.05, 3.63) is 11.6 Å². The molecule has 0 aromatic carbocycles. The van der Waals surface area contributed by atoms with Crippen LogP contribution in [0.3, 0.4) is 0 Å². The molecule has 1 saturated heterocycles. The third kappa shape index (κ3) is 8.41. The predicted molar refractivity (Wildman–Crippen MR) is 125 cm³/mol. The molecule has 3 rings (SSSR count). The zero-order chi connectivity index (χ0) is 21.9. The molecule has 1 saturated carbocycles. The maximum Gasteiger partial charge on any atom is 0.191 e. The molecule has 1 aliphatic heterocycles. The molecule has 0 spiro atoms. The summed E-state index contributed by atoms with van der Waals surface area (Å²) in [5.41, 5.74) is 0. The molecule has 0 bridgehead atoms. The van der Waals surface area contributed by atoms with Gasteiger partial charge in [-0.2, -0.15) is 0 Å². The Bertz CT molecular complexity index is 663. The van der Waals surface area contributed by atoms with E-state index >= 15 is 0 Å². The van der Waals surface area contributed by atoms with Gasteiger partial charge in [0.25, 0.3) is 0 Å². The summed E-state index contributed by atoms with van der Waals surface area (Å²) in [5, 5.41) is 15.6. The third-order valence-electron chi connectivity index (χ3n) is 6.72. The highest BCUT2D eigenvalue weighted by atomic mass is 16.5. The van der Waals surface area contributed by atoms with Gasteiger partial charge in [-0.05, 0) is 45.6 Å². The van der Waals surface area contributed by atoms with Gasteiger partial charge in [-0.1, -0.05) is 32.1 Å². The van der Waals surface area contributed by atoms with Crippen molar-refractivity contribution in [2.24, 2.45) is 18.0 Å². The molecule has 1 aromatic heterocycles. The predicted octanol–water partition coefficient (Wildman–Crippen LogP) is 2.63. The summed E-state index contributed by atoms with van der Waals surface area (Å²) in [6.45, 7) is 10.6. The Labute approximate surface area is 188 Å². The van der Waals surface area contributed by atoms with Gasteiger partial charge in [0.15, 0.2) is 11.8 Å². The highest BCUT2D eigenvalue weighted by molar-refractivity contribution is 5.80. The normalized spacial score (nSPS) is 20.0. The van der Waals surface area contributed by atoms with E-state index in [1.807, 2.05) is 18.5 Å². The maximum absolute atomic E-state index is 5.44. The number of aryl methyl sites for hydroxylation is 1. The third-order valence-corrected chi connectivity index (χ3v) is 6.72. The van der Waals surface area contributed by atoms with E-state index in [-0.39, 0.29) is 0 Å². The molecule has 31 heavy (non-hydrogen) atoms. The van der Waals surface area contributed by atoms with Gasteiger partial charge in [-0.15, -0.1) is 10.2 Å². The molecule has 0 amide bonds. The van der Waals surface area contributed by atoms with Gasteiger partial charge in [-0.25, -0.2) is 4.99 Å². The lowest BCUT2D eigenvalue weighted by Gasteiger charge is -2.27. The molecule has 1 atom stereocenters. The molecule has 8 heteroatoms. The number of ether oxygens (including phenoxy) is 1. The molecule has 2 fully saturated rings. The van der Waals surface area contributed by atoms with Gasteiger partial charge in [0.2, 0.25) is 0 Å². The Morgan fingerprint density at radius 3 is 2.68 bits per heavy atom. The van der Waals surface area contributed by atoms with Gasteiger partial charge < -0.3 is 19.9 Å². The van der Waals surface area contributed by atoms with E-state index in [4.69, 9.17) is 9.73 Å². The smallest absolute Gasteiger partial charge is 0.191 e. The fourth-order valence-electron chi connectivity index (χ4n) is 4.49. The molecular weight excluding hydrogens is 390 g/mol. The van der Waals surface area contributed by atoms with Crippen molar-refractivity contribution in [1.29, 1.82) is 0 Å². The van der Waals surface area contributed by atoms with Crippen LogP contribution in [-0.4, -0.2) is 71.1 Å². The summed E-state index contributed by atoms with van der Waals surface area (Å²) in [6, 6.07) is 0.411. The number of hydrogen-bond acceptors (Lipinski definition) is 5. The van der Waals surface area contributed by atoms with Crippen molar-refractivity contribution in [1.82, 2.24) is 30.3 Å². The van der Waals surface area contributed by atoms with Crippen molar-refractivity contribution >= 4 is 5.96 Å². The van der Waals surface area contributed by atoms with Crippen LogP contribution in [0.15, 0.2) is 4.99 Å². The SMILES string of the molecule is Cc1nnc(CN=C(NCCCN2CCOCC2)NC(C)CCC2CCCCC2)n1C. The summed E-state index contributed by atoms with van der Waals surface area (Å²) in [6.07, 6.45) is 10.7. The molecule has 1 aromatic rings. The molecule has 2 N–H and O–H groups in total. The van der Waals surface area contributed by atoms with Crippen LogP contribution in [0.1, 0.15) is 69.9 Å². The van der Waals surface area contributed by atoms with Gasteiger partial charge in [-0.3, -0.25) is 4.90 Å². The number of nitrogens with one attached hydrogen (secondary N) is 2. The van der Waals surface area contributed by atoms with Gasteiger partial charge in [0.1, 0.15) is 12.4 Å². The van der Waals surface area contributed by atoms with Crippen LogP contribution >= 0.6 is 0 Å². The van der Waals surface area contributed by atoms with E-state index in [0.717, 1.165) is 69.3 Å². The number of rotatable bonds is 10. The van der Waals surface area contributed by atoms with Crippen molar-refractivity contribution in [2.45, 2.75) is 77.8 Å². The standard InChI is InChI=1S/C23H43N7O/c1-19(10-11-21-8-5-4-6-9-21)26-23(25-18-22-28-27-20(2)29(22)3)24-12-7-13-30-14-16-31-17-15-30/h19,21H,4-18H2,1-3H3,(H2,24,25,26). The molecule has 2 heterocycles. The molecule has 1 aliphatic carbocycles. The molecule has 8 nitrogen and oxygen atoms in total. The summed E-state index contributed by atoms with van der Waals surface area (Å²) in [7, 11) is 2.00. The Kier molecular flexibility index (Phi) is 10.1. The Morgan fingerprint density at radius 2 is 1.97 bits per heavy atom. The minimum absolute atomic E-state index is 0.411. The molecule has 1 unspecified atom stereocenters. The number of aliphatic imine (C=N–C) groups is 1. The van der Waals surface area contributed by atoms with Gasteiger partial charge in [0.05, 0.1) is 13.2 Å². The highest BCUT2D eigenvalue weighted by Crippen LogP contribution is 2.27. The van der Waals surface area contributed by atoms with Crippen molar-refractivity contribution in [3.8, 4) is 0 Å². The number of guanidine groups is 1. The zero-order valence-electron chi connectivity index (χ0n) is 19.9. The second kappa shape index (κ2) is 13.0. The van der Waals surface area contributed by atoms with Crippen molar-refractivity contribution < 1.29 is 4.74 Å². The first kappa shape index (κ1) is 24.0. The average Bonchev–Trinajstić information content (AvgIpc) is 3.12. The molecule has 0 radical (unpaired) electrons. The van der Waals surface area contributed by atoms with E-state index in [2.05, 4.69) is 32.7 Å². The second-order valence-corrected chi connectivity index (χ2v) is 9.25. The minimum atomic E-state index is 0.411. The summed E-state index contributed by atoms with van der Waals surface area (Å²) in [4.78, 5) is 7.30. The van der Waals surface area contributed by atoms with Crippen LogP contribution in [0, 0.1) is 12.8 Å². The number of aromatic nitrogens is 3. The largest absolute Gasteiger partial charge is 0.379 e. The first-order valence-corrected chi connectivity index (χ1v) is 12.3. The Balaban J connectivity index is 1.47. The minimum Gasteiger partial charge on any atom is -0.379 e. The van der Waals surface area contributed by atoms with Crippen molar-refractivity contribution in [2.75, 3.05) is 39.4 Å². The Hall–Kier alpha value is -1.67. The quantitative estimate of drug-likeness (QED) is 0.335. The lowest BCUT2D eigenvalue weighted by atomic mass is 9.85. The Morgan fingerprint density at radius 1 is 1.19 bits per heavy atom. The number of hydrogen-bond donors (Lipinski definition) is 2. The maximum atomic E-state index is 5.44. The van der Waals surface area contributed by atoms with E-state index in [1.54, 1.807) is 0 Å². The van der Waals surface area contributed by atoms with Crippen LogP contribution < -0.4 is 10.6 Å². The summed E-state index contributed by atoms with van der Waals surface area (Å²) < 4.78 is 7.45. The fraction of sp³-hybridized carbons (Fsp3) is 0.870. The summed E-state index contributed by atoms with van der Waals surface area (Å²) in [5.74, 6) is 3.61. The van der Waals surface area contributed by atoms with Crippen molar-refractivity contribution in [3.63, 3.8) is 0 Å². The number of morpholine rings is 1. The van der Waals surface area contributed by atoms with Crippen LogP contribution in [-0.2, 0) is 18.3 Å². The van der Waals surface area contributed by atoms with Gasteiger partial charge >= 0.3 is 0 Å². The lowest BCUT2D eigenvalue weighted by molar-refractivity contribution is 0.0376. The first-order chi connectivity index (χ1) is 15.1. The van der Waals surface area contributed by atoms with E-state index in [0.29, 0.717) is 12.6 Å². The van der Waals surface area contributed by atoms with E-state index in [9.17, 15) is 0 Å². The van der Waals surface area contributed by atoms with Crippen LogP contribution in [0.25, 0.3) is 0 Å². The second-order valence-electron chi connectivity index (χ2n) is 9.25. The van der Waals surface area contributed by atoms with E-state index in [1.165, 1.54) is 44.9 Å². The summed E-state index contributed by atoms with van der Waals surface area (Å²) >= 11 is 0.